The number of halogens is 5. The first-order valence-corrected chi connectivity index (χ1v) is 11.7. The molecule has 0 fully saturated rings. The van der Waals surface area contributed by atoms with Crippen LogP contribution in [0.15, 0.2) is 70.7 Å². The standard InChI is InChI=1S/C21H15ClF4N4O6S/c22-13-2-4-14(5-3-13)29-37(33,34)16-7-8-17(18(10-16)30(31)32)28-27-11-12-1-6-15(35-20(23)24)9-19(12)36-21(25)26/h1-11,20-21,28-29H/b27-11-. The second-order valence-electron chi connectivity index (χ2n) is 6.88. The van der Waals surface area contributed by atoms with E-state index in [2.05, 4.69) is 24.7 Å². The highest BCUT2D eigenvalue weighted by Gasteiger charge is 2.22. The number of sulfonamides is 1. The van der Waals surface area contributed by atoms with Crippen LogP contribution in [-0.4, -0.2) is 32.8 Å². The fraction of sp³-hybridized carbons (Fsp3) is 0.0952. The third-order valence-electron chi connectivity index (χ3n) is 4.39. The molecule has 2 N–H and O–H groups in total. The topological polar surface area (TPSA) is 132 Å². The number of hydrogen-bond donors (Lipinski definition) is 2. The summed E-state index contributed by atoms with van der Waals surface area (Å²) in [5.41, 5.74) is 1.47. The van der Waals surface area contributed by atoms with E-state index in [9.17, 15) is 36.1 Å². The van der Waals surface area contributed by atoms with Gasteiger partial charge in [0.25, 0.3) is 15.7 Å². The maximum Gasteiger partial charge on any atom is 0.387 e. The summed E-state index contributed by atoms with van der Waals surface area (Å²) < 4.78 is 86.1. The number of nitrogens with one attached hydrogen (secondary N) is 2. The number of hydrogen-bond acceptors (Lipinski definition) is 8. The summed E-state index contributed by atoms with van der Waals surface area (Å²) in [6.45, 7) is -6.49. The Morgan fingerprint density at radius 2 is 1.65 bits per heavy atom. The van der Waals surface area contributed by atoms with Crippen molar-refractivity contribution in [2.75, 3.05) is 10.1 Å². The Bertz CT molecular complexity index is 1410. The monoisotopic (exact) mass is 562 g/mol. The molecule has 196 valence electrons. The molecular weight excluding hydrogens is 548 g/mol. The fourth-order valence-electron chi connectivity index (χ4n) is 2.82. The van der Waals surface area contributed by atoms with Gasteiger partial charge in [-0.05, 0) is 48.5 Å². The zero-order valence-electron chi connectivity index (χ0n) is 18.1. The predicted octanol–water partition coefficient (Wildman–Crippen LogP) is 5.70. The maximum atomic E-state index is 12.7. The molecule has 3 aromatic rings. The fourth-order valence-corrected chi connectivity index (χ4v) is 4.03. The largest absolute Gasteiger partial charge is 0.435 e. The number of benzene rings is 3. The van der Waals surface area contributed by atoms with Gasteiger partial charge in [-0.1, -0.05) is 11.6 Å². The highest BCUT2D eigenvalue weighted by atomic mass is 35.5. The summed E-state index contributed by atoms with van der Waals surface area (Å²) in [6, 6.07) is 11.6. The van der Waals surface area contributed by atoms with Gasteiger partial charge in [-0.15, -0.1) is 0 Å². The molecule has 0 heterocycles. The van der Waals surface area contributed by atoms with Crippen molar-refractivity contribution in [3.05, 3.63) is 81.4 Å². The average molecular weight is 563 g/mol. The normalized spacial score (nSPS) is 11.6. The Morgan fingerprint density at radius 3 is 2.27 bits per heavy atom. The lowest BCUT2D eigenvalue weighted by Crippen LogP contribution is -2.13. The lowest BCUT2D eigenvalue weighted by atomic mass is 10.2. The number of hydrazone groups is 1. The van der Waals surface area contributed by atoms with Gasteiger partial charge in [0.2, 0.25) is 0 Å². The minimum atomic E-state index is -4.21. The Balaban J connectivity index is 1.84. The molecule has 16 heteroatoms. The van der Waals surface area contributed by atoms with Crippen LogP contribution >= 0.6 is 11.6 Å². The number of rotatable bonds is 11. The van der Waals surface area contributed by atoms with E-state index in [0.29, 0.717) is 5.02 Å². The highest BCUT2D eigenvalue weighted by Crippen LogP contribution is 2.30. The first-order chi connectivity index (χ1) is 17.4. The van der Waals surface area contributed by atoms with Crippen LogP contribution < -0.4 is 19.6 Å². The van der Waals surface area contributed by atoms with Crippen molar-refractivity contribution in [2.45, 2.75) is 18.1 Å². The molecule has 0 aliphatic carbocycles. The molecule has 3 rings (SSSR count). The van der Waals surface area contributed by atoms with Crippen molar-refractivity contribution in [3.63, 3.8) is 0 Å². The Hall–Kier alpha value is -4.11. The smallest absolute Gasteiger partial charge is 0.387 e. The first-order valence-electron chi connectivity index (χ1n) is 9.84. The van der Waals surface area contributed by atoms with Crippen LogP contribution in [0.3, 0.4) is 0 Å². The van der Waals surface area contributed by atoms with Crippen LogP contribution in [0.2, 0.25) is 5.02 Å². The summed E-state index contributed by atoms with van der Waals surface area (Å²) in [5.74, 6) is -1.00. The van der Waals surface area contributed by atoms with Crippen LogP contribution in [0.5, 0.6) is 11.5 Å². The molecule has 37 heavy (non-hydrogen) atoms. The van der Waals surface area contributed by atoms with Crippen LogP contribution in [0.4, 0.5) is 34.6 Å². The second kappa shape index (κ2) is 11.7. The van der Waals surface area contributed by atoms with E-state index in [1.807, 2.05) is 0 Å². The van der Waals surface area contributed by atoms with Gasteiger partial charge < -0.3 is 9.47 Å². The Morgan fingerprint density at radius 1 is 0.973 bits per heavy atom. The first kappa shape index (κ1) is 27.5. The molecule has 0 atom stereocenters. The molecule has 0 unspecified atom stereocenters. The van der Waals surface area contributed by atoms with Crippen LogP contribution in [0.25, 0.3) is 0 Å². The average Bonchev–Trinajstić information content (AvgIpc) is 2.81. The molecule has 0 spiro atoms. The summed E-state index contributed by atoms with van der Waals surface area (Å²) in [7, 11) is -4.21. The number of nitro groups is 1. The van der Waals surface area contributed by atoms with Gasteiger partial charge in [-0.25, -0.2) is 8.42 Å². The van der Waals surface area contributed by atoms with Gasteiger partial charge in [0, 0.05) is 28.4 Å². The van der Waals surface area contributed by atoms with E-state index in [-0.39, 0.29) is 16.9 Å². The van der Waals surface area contributed by atoms with Crippen molar-refractivity contribution in [1.29, 1.82) is 0 Å². The number of alkyl halides is 4. The zero-order chi connectivity index (χ0) is 27.2. The van der Waals surface area contributed by atoms with Gasteiger partial charge in [-0.2, -0.15) is 22.7 Å². The minimum Gasteiger partial charge on any atom is -0.435 e. The molecule has 0 saturated heterocycles. The second-order valence-corrected chi connectivity index (χ2v) is 8.99. The van der Waals surface area contributed by atoms with Crippen molar-refractivity contribution in [2.24, 2.45) is 5.10 Å². The Kier molecular flexibility index (Phi) is 8.73. The van der Waals surface area contributed by atoms with Gasteiger partial charge in [0.05, 0.1) is 16.0 Å². The Labute approximate surface area is 211 Å². The molecule has 0 radical (unpaired) electrons. The minimum absolute atomic E-state index is 0.108. The molecule has 0 saturated carbocycles. The van der Waals surface area contributed by atoms with Crippen molar-refractivity contribution in [1.82, 2.24) is 0 Å². The number of nitrogens with zero attached hydrogens (tertiary/aromatic N) is 2. The predicted molar refractivity (Wildman–Crippen MR) is 126 cm³/mol. The SMILES string of the molecule is O=[N+]([O-])c1cc(S(=O)(=O)Nc2ccc(Cl)cc2)ccc1N/N=C\c1ccc(OC(F)F)cc1OC(F)F. The summed E-state index contributed by atoms with van der Waals surface area (Å²) >= 11 is 5.77. The summed E-state index contributed by atoms with van der Waals surface area (Å²) in [6.07, 6.45) is 0.931. The van der Waals surface area contributed by atoms with E-state index < -0.39 is 50.3 Å². The lowest BCUT2D eigenvalue weighted by molar-refractivity contribution is -0.384. The summed E-state index contributed by atoms with van der Waals surface area (Å²) in [5, 5.41) is 15.6. The van der Waals surface area contributed by atoms with E-state index in [4.69, 9.17) is 11.6 Å². The zero-order valence-corrected chi connectivity index (χ0v) is 19.7. The van der Waals surface area contributed by atoms with Crippen LogP contribution in [-0.2, 0) is 10.0 Å². The number of nitro benzene ring substituents is 1. The summed E-state index contributed by atoms with van der Waals surface area (Å²) in [4.78, 5) is 10.3. The van der Waals surface area contributed by atoms with Crippen LogP contribution in [0, 0.1) is 10.1 Å². The van der Waals surface area contributed by atoms with Gasteiger partial charge >= 0.3 is 13.2 Å². The van der Waals surface area contributed by atoms with Crippen molar-refractivity contribution in [3.8, 4) is 11.5 Å². The molecule has 10 nitrogen and oxygen atoms in total. The number of anilines is 2. The molecule has 0 bridgehead atoms. The lowest BCUT2D eigenvalue weighted by Gasteiger charge is -2.11. The van der Waals surface area contributed by atoms with Gasteiger partial charge in [0.15, 0.2) is 0 Å². The molecule has 0 amide bonds. The maximum absolute atomic E-state index is 12.7. The molecule has 0 aromatic heterocycles. The quantitative estimate of drug-likeness (QED) is 0.133. The van der Waals surface area contributed by atoms with Crippen LogP contribution in [0.1, 0.15) is 5.56 Å². The number of ether oxygens (including phenoxy) is 2. The highest BCUT2D eigenvalue weighted by molar-refractivity contribution is 7.92. The molecule has 0 aliphatic heterocycles. The third-order valence-corrected chi connectivity index (χ3v) is 6.02. The molecular formula is C21H15ClF4N4O6S. The van der Waals surface area contributed by atoms with Crippen molar-refractivity contribution < 1.29 is 40.4 Å². The molecule has 3 aromatic carbocycles. The third kappa shape index (κ3) is 7.68. The van der Waals surface area contributed by atoms with E-state index in [1.165, 1.54) is 24.3 Å². The van der Waals surface area contributed by atoms with Gasteiger partial charge in [0.1, 0.15) is 17.2 Å². The van der Waals surface area contributed by atoms with E-state index in [0.717, 1.165) is 42.6 Å². The van der Waals surface area contributed by atoms with E-state index >= 15 is 0 Å². The molecule has 0 aliphatic rings. The van der Waals surface area contributed by atoms with Crippen molar-refractivity contribution >= 4 is 44.9 Å². The van der Waals surface area contributed by atoms with E-state index in [1.54, 1.807) is 0 Å². The van der Waals surface area contributed by atoms with Gasteiger partial charge in [-0.3, -0.25) is 20.3 Å².